The SMILES string of the molecule is C#CCC(NCCc1ccc(C(=O)N(C)Cc2cccnc2)cc1)C(O)c1ccc(NC2CC2)nc1. The Bertz CT molecular complexity index is 1160. The van der Waals surface area contributed by atoms with Crippen LogP contribution in [-0.4, -0.2) is 51.6 Å². The van der Waals surface area contributed by atoms with E-state index in [-0.39, 0.29) is 11.9 Å². The molecule has 2 aromatic heterocycles. The molecule has 2 heterocycles. The van der Waals surface area contributed by atoms with E-state index in [4.69, 9.17) is 6.42 Å². The van der Waals surface area contributed by atoms with Gasteiger partial charge in [0.15, 0.2) is 0 Å². The summed E-state index contributed by atoms with van der Waals surface area (Å²) in [6.07, 6.45) is 13.5. The molecule has 0 bridgehead atoms. The van der Waals surface area contributed by atoms with Gasteiger partial charge in [0.1, 0.15) is 5.82 Å². The molecule has 2 atom stereocenters. The fourth-order valence-electron chi connectivity index (χ4n) is 4.03. The molecule has 1 aliphatic carbocycles. The summed E-state index contributed by atoms with van der Waals surface area (Å²) in [5.41, 5.74) is 3.47. The molecule has 0 spiro atoms. The molecule has 0 aliphatic heterocycles. The zero-order valence-electron chi connectivity index (χ0n) is 20.6. The van der Waals surface area contributed by atoms with Gasteiger partial charge in [0.25, 0.3) is 5.91 Å². The van der Waals surface area contributed by atoms with Gasteiger partial charge in [-0.1, -0.05) is 24.3 Å². The Morgan fingerprint density at radius 1 is 1.17 bits per heavy atom. The highest BCUT2D eigenvalue weighted by Crippen LogP contribution is 2.25. The second-order valence-corrected chi connectivity index (χ2v) is 9.28. The fourth-order valence-corrected chi connectivity index (χ4v) is 4.03. The van der Waals surface area contributed by atoms with E-state index >= 15 is 0 Å². The minimum absolute atomic E-state index is 0.0345. The molecule has 1 fully saturated rings. The number of benzene rings is 1. The van der Waals surface area contributed by atoms with E-state index in [1.165, 1.54) is 12.8 Å². The molecule has 4 rings (SSSR count). The lowest BCUT2D eigenvalue weighted by Crippen LogP contribution is -2.36. The third-order valence-corrected chi connectivity index (χ3v) is 6.29. The monoisotopic (exact) mass is 483 g/mol. The van der Waals surface area contributed by atoms with Gasteiger partial charge in [-0.25, -0.2) is 4.98 Å². The van der Waals surface area contributed by atoms with Crippen LogP contribution in [0.2, 0.25) is 0 Å². The number of pyridine rings is 2. The average molecular weight is 484 g/mol. The summed E-state index contributed by atoms with van der Waals surface area (Å²) in [5, 5.41) is 17.6. The molecule has 7 nitrogen and oxygen atoms in total. The summed E-state index contributed by atoms with van der Waals surface area (Å²) in [6.45, 7) is 1.15. The third-order valence-electron chi connectivity index (χ3n) is 6.29. The van der Waals surface area contributed by atoms with Crippen LogP contribution in [0.3, 0.4) is 0 Å². The Balaban J connectivity index is 1.27. The van der Waals surface area contributed by atoms with E-state index in [0.717, 1.165) is 28.9 Å². The van der Waals surface area contributed by atoms with Gasteiger partial charge in [0.2, 0.25) is 0 Å². The Morgan fingerprint density at radius 2 is 1.97 bits per heavy atom. The van der Waals surface area contributed by atoms with Gasteiger partial charge in [0.05, 0.1) is 6.10 Å². The Morgan fingerprint density at radius 3 is 2.61 bits per heavy atom. The van der Waals surface area contributed by atoms with Crippen LogP contribution in [0, 0.1) is 12.3 Å². The zero-order valence-corrected chi connectivity index (χ0v) is 20.6. The number of aromatic nitrogens is 2. The van der Waals surface area contributed by atoms with Crippen LogP contribution in [0.5, 0.6) is 0 Å². The normalized spacial score (nSPS) is 14.5. The van der Waals surface area contributed by atoms with Crippen LogP contribution in [0.1, 0.15) is 52.4 Å². The van der Waals surface area contributed by atoms with E-state index in [0.29, 0.717) is 31.1 Å². The van der Waals surface area contributed by atoms with Crippen molar-refractivity contribution in [2.75, 3.05) is 18.9 Å². The maximum atomic E-state index is 12.8. The fraction of sp³-hybridized carbons (Fsp3) is 0.345. The van der Waals surface area contributed by atoms with E-state index < -0.39 is 6.10 Å². The number of amides is 1. The van der Waals surface area contributed by atoms with Gasteiger partial charge in [0, 0.05) is 61.8 Å². The Hall–Kier alpha value is -3.73. The molecule has 1 saturated carbocycles. The highest BCUT2D eigenvalue weighted by Gasteiger charge is 2.23. The molecule has 3 aromatic rings. The Kier molecular flexibility index (Phi) is 8.66. The topological polar surface area (TPSA) is 90.4 Å². The van der Waals surface area contributed by atoms with Crippen molar-refractivity contribution in [1.82, 2.24) is 20.2 Å². The van der Waals surface area contributed by atoms with E-state index in [2.05, 4.69) is 26.5 Å². The predicted molar refractivity (Wildman–Crippen MR) is 141 cm³/mol. The first-order valence-electron chi connectivity index (χ1n) is 12.3. The molecular formula is C29H33N5O2. The summed E-state index contributed by atoms with van der Waals surface area (Å²) in [7, 11) is 1.79. The number of terminal acetylenes is 1. The number of hydrogen-bond donors (Lipinski definition) is 3. The maximum absolute atomic E-state index is 12.8. The highest BCUT2D eigenvalue weighted by atomic mass is 16.3. The molecule has 186 valence electrons. The van der Waals surface area contributed by atoms with Crippen molar-refractivity contribution in [2.24, 2.45) is 0 Å². The minimum atomic E-state index is -0.751. The second kappa shape index (κ2) is 12.3. The molecule has 2 unspecified atom stereocenters. The summed E-state index contributed by atoms with van der Waals surface area (Å²) in [5.74, 6) is 3.46. The number of nitrogens with one attached hydrogen (secondary N) is 2. The molecule has 0 radical (unpaired) electrons. The van der Waals surface area contributed by atoms with E-state index in [1.54, 1.807) is 30.5 Å². The quantitative estimate of drug-likeness (QED) is 0.341. The van der Waals surface area contributed by atoms with Crippen LogP contribution in [0.25, 0.3) is 0 Å². The minimum Gasteiger partial charge on any atom is -0.387 e. The molecule has 7 heteroatoms. The van der Waals surface area contributed by atoms with Crippen LogP contribution in [0.15, 0.2) is 67.1 Å². The van der Waals surface area contributed by atoms with Gasteiger partial charge >= 0.3 is 0 Å². The number of aliphatic hydroxyl groups excluding tert-OH is 1. The van der Waals surface area contributed by atoms with Gasteiger partial charge < -0.3 is 20.6 Å². The van der Waals surface area contributed by atoms with Crippen LogP contribution < -0.4 is 10.6 Å². The number of rotatable bonds is 12. The number of nitrogens with zero attached hydrogens (tertiary/aromatic N) is 3. The third kappa shape index (κ3) is 7.14. The summed E-state index contributed by atoms with van der Waals surface area (Å²) < 4.78 is 0. The Labute approximate surface area is 213 Å². The van der Waals surface area contributed by atoms with E-state index in [1.807, 2.05) is 48.5 Å². The highest BCUT2D eigenvalue weighted by molar-refractivity contribution is 5.94. The molecule has 3 N–H and O–H groups in total. The van der Waals surface area contributed by atoms with Gasteiger partial charge in [-0.3, -0.25) is 9.78 Å². The molecule has 1 amide bonds. The van der Waals surface area contributed by atoms with E-state index in [9.17, 15) is 9.90 Å². The number of hydrogen-bond acceptors (Lipinski definition) is 6. The lowest BCUT2D eigenvalue weighted by atomic mass is 10.0. The molecule has 36 heavy (non-hydrogen) atoms. The van der Waals surface area contributed by atoms with Crippen molar-refractivity contribution in [3.05, 3.63) is 89.4 Å². The standard InChI is InChI=1S/C29H33N5O2/c1-3-5-26(28(35)24-11-14-27(32-19-24)33-25-12-13-25)31-17-15-21-7-9-23(10-8-21)29(36)34(2)20-22-6-4-16-30-18-22/h1,4,6-11,14,16,18-19,25-26,28,31,35H,5,12-13,15,17,20H2,2H3,(H,32,33). The number of carbonyl (C=O) groups is 1. The molecule has 1 aromatic carbocycles. The summed E-state index contributed by atoms with van der Waals surface area (Å²) >= 11 is 0. The van der Waals surface area contributed by atoms with Crippen molar-refractivity contribution < 1.29 is 9.90 Å². The van der Waals surface area contributed by atoms with Crippen molar-refractivity contribution >= 4 is 11.7 Å². The van der Waals surface area contributed by atoms with Crippen LogP contribution in [0.4, 0.5) is 5.82 Å². The molecule has 0 saturated heterocycles. The second-order valence-electron chi connectivity index (χ2n) is 9.28. The first-order chi connectivity index (χ1) is 17.5. The summed E-state index contributed by atoms with van der Waals surface area (Å²) in [6, 6.07) is 15.5. The number of carbonyl (C=O) groups excluding carboxylic acids is 1. The zero-order chi connectivity index (χ0) is 25.3. The van der Waals surface area contributed by atoms with Crippen molar-refractivity contribution in [2.45, 2.75) is 50.4 Å². The van der Waals surface area contributed by atoms with Crippen molar-refractivity contribution in [3.63, 3.8) is 0 Å². The predicted octanol–water partition coefficient (Wildman–Crippen LogP) is 3.58. The lowest BCUT2D eigenvalue weighted by Gasteiger charge is -2.23. The van der Waals surface area contributed by atoms with Gasteiger partial charge in [-0.2, -0.15) is 0 Å². The number of anilines is 1. The van der Waals surface area contributed by atoms with Gasteiger partial charge in [-0.05, 0) is 61.2 Å². The first-order valence-corrected chi connectivity index (χ1v) is 12.3. The molecular weight excluding hydrogens is 450 g/mol. The maximum Gasteiger partial charge on any atom is 0.253 e. The summed E-state index contributed by atoms with van der Waals surface area (Å²) in [4.78, 5) is 23.0. The van der Waals surface area contributed by atoms with Crippen LogP contribution in [-0.2, 0) is 13.0 Å². The smallest absolute Gasteiger partial charge is 0.253 e. The van der Waals surface area contributed by atoms with Crippen molar-refractivity contribution in [3.8, 4) is 12.3 Å². The first kappa shape index (κ1) is 25.4. The largest absolute Gasteiger partial charge is 0.387 e. The molecule has 1 aliphatic rings. The number of aliphatic hydroxyl groups is 1. The average Bonchev–Trinajstić information content (AvgIpc) is 3.73. The lowest BCUT2D eigenvalue weighted by molar-refractivity contribution is 0.0785. The van der Waals surface area contributed by atoms with Crippen molar-refractivity contribution in [1.29, 1.82) is 0 Å². The van der Waals surface area contributed by atoms with Gasteiger partial charge in [-0.15, -0.1) is 12.3 Å². The van der Waals surface area contributed by atoms with Crippen LogP contribution >= 0.6 is 0 Å².